The van der Waals surface area contributed by atoms with Crippen LogP contribution in [0.5, 0.6) is 0 Å². The minimum atomic E-state index is 0.00948. The van der Waals surface area contributed by atoms with Crippen LogP contribution in [0.2, 0.25) is 10.0 Å². The molecule has 1 aromatic heterocycles. The Morgan fingerprint density at radius 3 is 2.61 bits per heavy atom. The van der Waals surface area contributed by atoms with E-state index in [1.54, 1.807) is 25.5 Å². The highest BCUT2D eigenvalue weighted by Crippen LogP contribution is 2.30. The summed E-state index contributed by atoms with van der Waals surface area (Å²) >= 11 is 12.1. The Balaban J connectivity index is 2.17. The fourth-order valence-electron chi connectivity index (χ4n) is 2.21. The first-order valence-electron chi connectivity index (χ1n) is 7.45. The molecule has 0 aliphatic heterocycles. The Hall–Kier alpha value is -1.07. The first-order chi connectivity index (χ1) is 10.8. The summed E-state index contributed by atoms with van der Waals surface area (Å²) in [6.07, 6.45) is 1.67. The Kier molecular flexibility index (Phi) is 6.09. The molecule has 126 valence electrons. The number of benzene rings is 1. The molecule has 0 spiro atoms. The number of aromatic nitrogens is 1. The second-order valence-corrected chi connectivity index (χ2v) is 7.20. The molecule has 0 aliphatic carbocycles. The third kappa shape index (κ3) is 4.95. The van der Waals surface area contributed by atoms with Gasteiger partial charge in [0.25, 0.3) is 0 Å². The number of halogens is 2. The van der Waals surface area contributed by atoms with E-state index in [0.717, 1.165) is 17.8 Å². The van der Waals surface area contributed by atoms with E-state index >= 15 is 0 Å². The van der Waals surface area contributed by atoms with Crippen LogP contribution in [0.15, 0.2) is 28.9 Å². The zero-order chi connectivity index (χ0) is 17.0. The van der Waals surface area contributed by atoms with E-state index in [-0.39, 0.29) is 5.54 Å². The summed E-state index contributed by atoms with van der Waals surface area (Å²) in [5, 5.41) is 1.11. The molecule has 1 heterocycles. The molecule has 0 N–H and O–H groups in total. The van der Waals surface area contributed by atoms with E-state index in [4.69, 9.17) is 32.4 Å². The van der Waals surface area contributed by atoms with Crippen LogP contribution in [0, 0.1) is 0 Å². The van der Waals surface area contributed by atoms with Gasteiger partial charge in [0.15, 0.2) is 0 Å². The molecule has 2 aromatic rings. The lowest BCUT2D eigenvalue weighted by atomic mass is 10.1. The van der Waals surface area contributed by atoms with Crippen molar-refractivity contribution in [2.24, 2.45) is 0 Å². The van der Waals surface area contributed by atoms with E-state index in [9.17, 15) is 0 Å². The number of hydrogen-bond acceptors (Lipinski definition) is 4. The number of ether oxygens (including phenoxy) is 1. The zero-order valence-corrected chi connectivity index (χ0v) is 15.4. The predicted octanol–water partition coefficient (Wildman–Crippen LogP) is 4.90. The standard InChI is InChI=1S/C17H22Cl2N2O2/c1-17(2,3)21(7-8-22-4)10-13-11-23-16(20-13)14-6-5-12(18)9-15(14)19/h5-6,9,11H,7-8,10H2,1-4H3. The zero-order valence-electron chi connectivity index (χ0n) is 13.9. The molecule has 0 atom stereocenters. The number of oxazole rings is 1. The molecule has 0 radical (unpaired) electrons. The van der Waals surface area contributed by atoms with Gasteiger partial charge >= 0.3 is 0 Å². The molecular formula is C17H22Cl2N2O2. The quantitative estimate of drug-likeness (QED) is 0.737. The largest absolute Gasteiger partial charge is 0.444 e. The smallest absolute Gasteiger partial charge is 0.227 e. The Morgan fingerprint density at radius 1 is 1.26 bits per heavy atom. The molecule has 0 saturated heterocycles. The second-order valence-electron chi connectivity index (χ2n) is 6.35. The van der Waals surface area contributed by atoms with Gasteiger partial charge in [-0.1, -0.05) is 23.2 Å². The molecular weight excluding hydrogens is 335 g/mol. The summed E-state index contributed by atoms with van der Waals surface area (Å²) in [6, 6.07) is 5.27. The van der Waals surface area contributed by atoms with Crippen molar-refractivity contribution in [3.63, 3.8) is 0 Å². The summed E-state index contributed by atoms with van der Waals surface area (Å²) in [4.78, 5) is 6.85. The third-order valence-corrected chi connectivity index (χ3v) is 4.13. The topological polar surface area (TPSA) is 38.5 Å². The number of nitrogens with zero attached hydrogens (tertiary/aromatic N) is 2. The van der Waals surface area contributed by atoms with Gasteiger partial charge in [0, 0.05) is 30.8 Å². The average molecular weight is 357 g/mol. The molecule has 0 fully saturated rings. The molecule has 0 aliphatic rings. The van der Waals surface area contributed by atoms with Crippen LogP contribution in [0.25, 0.3) is 11.5 Å². The maximum Gasteiger partial charge on any atom is 0.227 e. The predicted molar refractivity (Wildman–Crippen MR) is 94.0 cm³/mol. The minimum absolute atomic E-state index is 0.00948. The van der Waals surface area contributed by atoms with Crippen LogP contribution in [0.4, 0.5) is 0 Å². The van der Waals surface area contributed by atoms with Gasteiger partial charge in [-0.05, 0) is 39.0 Å². The van der Waals surface area contributed by atoms with Crippen molar-refractivity contribution < 1.29 is 9.15 Å². The van der Waals surface area contributed by atoms with Crippen molar-refractivity contribution in [3.8, 4) is 11.5 Å². The first kappa shape index (κ1) is 18.3. The van der Waals surface area contributed by atoms with Gasteiger partial charge < -0.3 is 9.15 Å². The normalized spacial score (nSPS) is 12.1. The van der Waals surface area contributed by atoms with E-state index in [1.165, 1.54) is 0 Å². The fourth-order valence-corrected chi connectivity index (χ4v) is 2.70. The highest BCUT2D eigenvalue weighted by Gasteiger charge is 2.22. The lowest BCUT2D eigenvalue weighted by molar-refractivity contribution is 0.0796. The van der Waals surface area contributed by atoms with Crippen molar-refractivity contribution >= 4 is 23.2 Å². The molecule has 0 unspecified atom stereocenters. The Labute approximate surface area is 147 Å². The number of methoxy groups -OCH3 is 1. The van der Waals surface area contributed by atoms with Gasteiger partial charge in [0.2, 0.25) is 5.89 Å². The highest BCUT2D eigenvalue weighted by atomic mass is 35.5. The monoisotopic (exact) mass is 356 g/mol. The SMILES string of the molecule is COCCN(Cc1coc(-c2ccc(Cl)cc2Cl)n1)C(C)(C)C. The second kappa shape index (κ2) is 7.67. The average Bonchev–Trinajstić information content (AvgIpc) is 2.90. The molecule has 23 heavy (non-hydrogen) atoms. The third-order valence-electron chi connectivity index (χ3n) is 3.58. The van der Waals surface area contributed by atoms with Gasteiger partial charge in [0.05, 0.1) is 22.9 Å². The highest BCUT2D eigenvalue weighted by molar-refractivity contribution is 6.36. The van der Waals surface area contributed by atoms with E-state index < -0.39 is 0 Å². The van der Waals surface area contributed by atoms with Crippen LogP contribution >= 0.6 is 23.2 Å². The molecule has 0 amide bonds. The number of rotatable bonds is 6. The van der Waals surface area contributed by atoms with Gasteiger partial charge in [-0.15, -0.1) is 0 Å². The van der Waals surface area contributed by atoms with E-state index in [2.05, 4.69) is 30.7 Å². The van der Waals surface area contributed by atoms with E-state index in [1.807, 2.05) is 6.07 Å². The van der Waals surface area contributed by atoms with Crippen LogP contribution < -0.4 is 0 Å². The van der Waals surface area contributed by atoms with Crippen LogP contribution in [-0.4, -0.2) is 35.7 Å². The van der Waals surface area contributed by atoms with E-state index in [0.29, 0.717) is 29.1 Å². The van der Waals surface area contributed by atoms with Gasteiger partial charge in [-0.25, -0.2) is 4.98 Å². The maximum atomic E-state index is 6.21. The summed E-state index contributed by atoms with van der Waals surface area (Å²) in [5.74, 6) is 0.502. The summed E-state index contributed by atoms with van der Waals surface area (Å²) in [7, 11) is 1.71. The van der Waals surface area contributed by atoms with Crippen molar-refractivity contribution in [2.75, 3.05) is 20.3 Å². The van der Waals surface area contributed by atoms with Crippen LogP contribution in [0.1, 0.15) is 26.5 Å². The number of hydrogen-bond donors (Lipinski definition) is 0. The van der Waals surface area contributed by atoms with Gasteiger partial charge in [-0.2, -0.15) is 0 Å². The lowest BCUT2D eigenvalue weighted by Gasteiger charge is -2.34. The molecule has 1 aromatic carbocycles. The molecule has 2 rings (SSSR count). The summed E-state index contributed by atoms with van der Waals surface area (Å²) < 4.78 is 10.8. The first-order valence-corrected chi connectivity index (χ1v) is 8.20. The van der Waals surface area contributed by atoms with Gasteiger partial charge in [-0.3, -0.25) is 4.90 Å². The van der Waals surface area contributed by atoms with Gasteiger partial charge in [0.1, 0.15) is 6.26 Å². The van der Waals surface area contributed by atoms with Crippen molar-refractivity contribution in [3.05, 3.63) is 40.2 Å². The lowest BCUT2D eigenvalue weighted by Crippen LogP contribution is -2.42. The molecule has 6 heteroatoms. The molecule has 0 saturated carbocycles. The fraction of sp³-hybridized carbons (Fsp3) is 0.471. The van der Waals surface area contributed by atoms with Crippen LogP contribution in [0.3, 0.4) is 0 Å². The molecule has 0 bridgehead atoms. The van der Waals surface area contributed by atoms with Crippen LogP contribution in [-0.2, 0) is 11.3 Å². The maximum absolute atomic E-state index is 6.21. The van der Waals surface area contributed by atoms with Crippen molar-refractivity contribution in [1.82, 2.24) is 9.88 Å². The summed E-state index contributed by atoms with van der Waals surface area (Å²) in [6.45, 7) is 8.68. The molecule has 4 nitrogen and oxygen atoms in total. The Morgan fingerprint density at radius 2 is 2.00 bits per heavy atom. The minimum Gasteiger partial charge on any atom is -0.444 e. The Bertz CT molecular complexity index is 650. The summed E-state index contributed by atoms with van der Waals surface area (Å²) in [5.41, 5.74) is 1.61. The van der Waals surface area contributed by atoms with Crippen molar-refractivity contribution in [2.45, 2.75) is 32.9 Å². The van der Waals surface area contributed by atoms with Crippen molar-refractivity contribution in [1.29, 1.82) is 0 Å².